The second-order valence-corrected chi connectivity index (χ2v) is 4.41. The molecule has 0 aromatic heterocycles. The Balaban J connectivity index is 0.000000750. The molecular weight excluding hydrogens is 196 g/mol. The SMILES string of the molecule is CN1CC2(CC2)c2cc(N)ccc21.Cl. The molecule has 2 nitrogen and oxygen atoms in total. The van der Waals surface area contributed by atoms with E-state index in [0.29, 0.717) is 5.41 Å². The zero-order chi connectivity index (χ0) is 9.05. The molecule has 1 aliphatic carbocycles. The fourth-order valence-electron chi connectivity index (χ4n) is 2.51. The van der Waals surface area contributed by atoms with Gasteiger partial charge < -0.3 is 10.6 Å². The lowest BCUT2D eigenvalue weighted by Crippen LogP contribution is -2.18. The van der Waals surface area contributed by atoms with Crippen molar-refractivity contribution in [3.8, 4) is 0 Å². The van der Waals surface area contributed by atoms with Gasteiger partial charge in [0.2, 0.25) is 0 Å². The van der Waals surface area contributed by atoms with E-state index in [1.807, 2.05) is 6.07 Å². The van der Waals surface area contributed by atoms with Crippen LogP contribution < -0.4 is 10.6 Å². The number of anilines is 2. The normalized spacial score (nSPS) is 20.5. The molecule has 1 fully saturated rings. The molecule has 2 N–H and O–H groups in total. The van der Waals surface area contributed by atoms with E-state index in [-0.39, 0.29) is 12.4 Å². The Morgan fingerprint density at radius 3 is 2.71 bits per heavy atom. The Morgan fingerprint density at radius 1 is 1.36 bits per heavy atom. The van der Waals surface area contributed by atoms with Gasteiger partial charge in [-0.2, -0.15) is 0 Å². The van der Waals surface area contributed by atoms with Crippen LogP contribution in [0.2, 0.25) is 0 Å². The quantitative estimate of drug-likeness (QED) is 0.666. The lowest BCUT2D eigenvalue weighted by molar-refractivity contribution is 0.731. The maximum absolute atomic E-state index is 5.81. The van der Waals surface area contributed by atoms with E-state index in [9.17, 15) is 0 Å². The maximum atomic E-state index is 5.81. The van der Waals surface area contributed by atoms with Crippen LogP contribution >= 0.6 is 12.4 Å². The molecule has 3 heteroatoms. The van der Waals surface area contributed by atoms with Crippen LogP contribution in [0, 0.1) is 0 Å². The van der Waals surface area contributed by atoms with E-state index >= 15 is 0 Å². The molecule has 0 atom stereocenters. The van der Waals surface area contributed by atoms with E-state index in [1.165, 1.54) is 30.6 Å². The molecule has 1 aromatic rings. The summed E-state index contributed by atoms with van der Waals surface area (Å²) in [6, 6.07) is 6.31. The molecule has 0 unspecified atom stereocenters. The van der Waals surface area contributed by atoms with Gasteiger partial charge in [0.15, 0.2) is 0 Å². The smallest absolute Gasteiger partial charge is 0.0404 e. The van der Waals surface area contributed by atoms with Crippen LogP contribution in [0.4, 0.5) is 11.4 Å². The zero-order valence-electron chi connectivity index (χ0n) is 8.29. The van der Waals surface area contributed by atoms with Crippen LogP contribution in [0.5, 0.6) is 0 Å². The van der Waals surface area contributed by atoms with Crippen molar-refractivity contribution >= 4 is 23.8 Å². The number of hydrogen-bond acceptors (Lipinski definition) is 2. The summed E-state index contributed by atoms with van der Waals surface area (Å²) >= 11 is 0. The summed E-state index contributed by atoms with van der Waals surface area (Å²) in [6.45, 7) is 1.19. The van der Waals surface area contributed by atoms with Gasteiger partial charge >= 0.3 is 0 Å². The maximum Gasteiger partial charge on any atom is 0.0404 e. The minimum atomic E-state index is 0. The third-order valence-electron chi connectivity index (χ3n) is 3.40. The first-order valence-electron chi connectivity index (χ1n) is 4.82. The van der Waals surface area contributed by atoms with E-state index < -0.39 is 0 Å². The van der Waals surface area contributed by atoms with Crippen LogP contribution in [0.25, 0.3) is 0 Å². The average molecular weight is 211 g/mol. The van der Waals surface area contributed by atoms with Crippen LogP contribution in [-0.4, -0.2) is 13.6 Å². The van der Waals surface area contributed by atoms with Gasteiger partial charge in [0, 0.05) is 30.4 Å². The van der Waals surface area contributed by atoms with Crippen molar-refractivity contribution in [2.24, 2.45) is 0 Å². The van der Waals surface area contributed by atoms with Gasteiger partial charge in [-0.1, -0.05) is 0 Å². The minimum absolute atomic E-state index is 0. The van der Waals surface area contributed by atoms with Crippen LogP contribution in [0.15, 0.2) is 18.2 Å². The van der Waals surface area contributed by atoms with Gasteiger partial charge in [-0.25, -0.2) is 0 Å². The van der Waals surface area contributed by atoms with Crippen molar-refractivity contribution in [2.45, 2.75) is 18.3 Å². The van der Waals surface area contributed by atoms with Gasteiger partial charge in [0.1, 0.15) is 0 Å². The first-order valence-corrected chi connectivity index (χ1v) is 4.82. The zero-order valence-corrected chi connectivity index (χ0v) is 9.10. The highest BCUT2D eigenvalue weighted by molar-refractivity contribution is 5.85. The Labute approximate surface area is 90.5 Å². The first kappa shape index (κ1) is 9.66. The van der Waals surface area contributed by atoms with E-state index in [1.54, 1.807) is 0 Å². The van der Waals surface area contributed by atoms with Gasteiger partial charge in [-0.15, -0.1) is 12.4 Å². The molecule has 0 radical (unpaired) electrons. The summed E-state index contributed by atoms with van der Waals surface area (Å²) < 4.78 is 0. The molecule has 76 valence electrons. The highest BCUT2D eigenvalue weighted by Gasteiger charge is 2.50. The fraction of sp³-hybridized carbons (Fsp3) is 0.455. The number of nitrogen functional groups attached to an aromatic ring is 1. The van der Waals surface area contributed by atoms with E-state index in [0.717, 1.165) is 5.69 Å². The van der Waals surface area contributed by atoms with E-state index in [2.05, 4.69) is 24.1 Å². The van der Waals surface area contributed by atoms with Crippen LogP contribution in [-0.2, 0) is 5.41 Å². The van der Waals surface area contributed by atoms with Crippen molar-refractivity contribution in [2.75, 3.05) is 24.2 Å². The monoisotopic (exact) mass is 210 g/mol. The summed E-state index contributed by atoms with van der Waals surface area (Å²) in [4.78, 5) is 2.35. The lowest BCUT2D eigenvalue weighted by atomic mass is 9.98. The number of nitrogens with two attached hydrogens (primary N) is 1. The Bertz CT molecular complexity index is 372. The second kappa shape index (κ2) is 2.80. The third kappa shape index (κ3) is 1.10. The Morgan fingerprint density at radius 2 is 2.07 bits per heavy atom. The van der Waals surface area contributed by atoms with Gasteiger partial charge in [-0.05, 0) is 36.6 Å². The number of halogens is 1. The summed E-state index contributed by atoms with van der Waals surface area (Å²) in [6.07, 6.45) is 2.68. The number of likely N-dealkylation sites (N-methyl/N-ethyl adjacent to an activating group) is 1. The number of rotatable bonds is 0. The van der Waals surface area contributed by atoms with Gasteiger partial charge in [0.05, 0.1) is 0 Å². The van der Waals surface area contributed by atoms with E-state index in [4.69, 9.17) is 5.73 Å². The number of fused-ring (bicyclic) bond motifs is 2. The minimum Gasteiger partial charge on any atom is -0.399 e. The van der Waals surface area contributed by atoms with Crippen molar-refractivity contribution in [1.29, 1.82) is 0 Å². The molecule has 3 rings (SSSR count). The summed E-state index contributed by atoms with van der Waals surface area (Å²) in [7, 11) is 2.17. The average Bonchev–Trinajstić information content (AvgIpc) is 2.79. The molecule has 1 saturated carbocycles. The predicted molar refractivity (Wildman–Crippen MR) is 62.3 cm³/mol. The number of nitrogens with zero attached hydrogens (tertiary/aromatic N) is 1. The number of benzene rings is 1. The summed E-state index contributed by atoms with van der Waals surface area (Å²) in [5, 5.41) is 0. The molecule has 0 amide bonds. The van der Waals surface area contributed by atoms with Crippen LogP contribution in [0.1, 0.15) is 18.4 Å². The largest absolute Gasteiger partial charge is 0.399 e. The molecule has 1 aliphatic heterocycles. The van der Waals surface area contributed by atoms with Gasteiger partial charge in [-0.3, -0.25) is 0 Å². The highest BCUT2D eigenvalue weighted by Crippen LogP contribution is 2.56. The molecule has 0 saturated heterocycles. The Kier molecular flexibility index (Phi) is 1.93. The molecule has 14 heavy (non-hydrogen) atoms. The number of hydrogen-bond donors (Lipinski definition) is 1. The molecule has 1 spiro atoms. The molecule has 1 heterocycles. The van der Waals surface area contributed by atoms with Crippen molar-refractivity contribution in [3.05, 3.63) is 23.8 Å². The standard InChI is InChI=1S/C11H14N2.ClH/c1-13-7-11(4-5-11)9-6-8(12)2-3-10(9)13;/h2-3,6H,4-5,7,12H2,1H3;1H. The second-order valence-electron chi connectivity index (χ2n) is 4.41. The van der Waals surface area contributed by atoms with Crippen LogP contribution in [0.3, 0.4) is 0 Å². The first-order chi connectivity index (χ1) is 6.21. The molecule has 0 bridgehead atoms. The van der Waals surface area contributed by atoms with Gasteiger partial charge in [0.25, 0.3) is 0 Å². The fourth-order valence-corrected chi connectivity index (χ4v) is 2.51. The topological polar surface area (TPSA) is 29.3 Å². The molecule has 1 aromatic carbocycles. The van der Waals surface area contributed by atoms with Crippen molar-refractivity contribution in [1.82, 2.24) is 0 Å². The summed E-state index contributed by atoms with van der Waals surface area (Å²) in [5.41, 5.74) is 10.1. The third-order valence-corrected chi connectivity index (χ3v) is 3.40. The summed E-state index contributed by atoms with van der Waals surface area (Å²) in [5.74, 6) is 0. The van der Waals surface area contributed by atoms with Crippen molar-refractivity contribution in [3.63, 3.8) is 0 Å². The predicted octanol–water partition coefficient (Wildman–Crippen LogP) is 2.17. The molecule has 2 aliphatic rings. The van der Waals surface area contributed by atoms with Crippen molar-refractivity contribution < 1.29 is 0 Å². The lowest BCUT2D eigenvalue weighted by Gasteiger charge is -2.11. The Hall–Kier alpha value is -0.890. The molecular formula is C11H15ClN2. The highest BCUT2D eigenvalue weighted by atomic mass is 35.5.